The van der Waals surface area contributed by atoms with Gasteiger partial charge in [0.05, 0.1) is 16.4 Å². The van der Waals surface area contributed by atoms with E-state index >= 15 is 0 Å². The Morgan fingerprint density at radius 2 is 2.05 bits per heavy atom. The molecule has 100 valence electrons. The third kappa shape index (κ3) is 3.92. The van der Waals surface area contributed by atoms with Crippen LogP contribution in [0.4, 0.5) is 5.69 Å². The minimum absolute atomic E-state index is 0.0459. The molecule has 0 radical (unpaired) electrons. The maximum Gasteiger partial charge on any atom is 0.224 e. The fourth-order valence-corrected chi connectivity index (χ4v) is 2.01. The molecule has 0 spiro atoms. The smallest absolute Gasteiger partial charge is 0.224 e. The van der Waals surface area contributed by atoms with E-state index in [-0.39, 0.29) is 5.91 Å². The van der Waals surface area contributed by atoms with Gasteiger partial charge in [0.2, 0.25) is 5.91 Å². The van der Waals surface area contributed by atoms with Gasteiger partial charge in [0.25, 0.3) is 0 Å². The van der Waals surface area contributed by atoms with Crippen LogP contribution in [0.2, 0.25) is 0 Å². The standard InChI is InChI=1S/C14H16BrN3O/c1-10(2)7-14(19)17-12-3-5-13(6-4-12)18-9-11(15)8-16-18/h3-6,8-10H,7H2,1-2H3,(H,17,19). The predicted octanol–water partition coefficient (Wildman–Crippen LogP) is 3.62. The Kier molecular flexibility index (Phi) is 4.37. The first-order valence-corrected chi connectivity index (χ1v) is 6.94. The van der Waals surface area contributed by atoms with Crippen molar-refractivity contribution in [3.8, 4) is 5.69 Å². The third-order valence-electron chi connectivity index (χ3n) is 2.56. The largest absolute Gasteiger partial charge is 0.326 e. The van der Waals surface area contributed by atoms with Crippen LogP contribution in [0.5, 0.6) is 0 Å². The second-order valence-electron chi connectivity index (χ2n) is 4.80. The van der Waals surface area contributed by atoms with E-state index in [9.17, 15) is 4.79 Å². The lowest BCUT2D eigenvalue weighted by molar-refractivity contribution is -0.116. The predicted molar refractivity (Wildman–Crippen MR) is 79.3 cm³/mol. The first-order chi connectivity index (χ1) is 9.04. The van der Waals surface area contributed by atoms with Crippen molar-refractivity contribution in [1.82, 2.24) is 9.78 Å². The highest BCUT2D eigenvalue weighted by atomic mass is 79.9. The van der Waals surface area contributed by atoms with E-state index in [1.807, 2.05) is 44.3 Å². The van der Waals surface area contributed by atoms with E-state index in [0.29, 0.717) is 12.3 Å². The number of rotatable bonds is 4. The summed E-state index contributed by atoms with van der Waals surface area (Å²) in [4.78, 5) is 11.6. The Bertz CT molecular complexity index is 560. The summed E-state index contributed by atoms with van der Waals surface area (Å²) in [6.07, 6.45) is 4.15. The molecule has 4 nitrogen and oxygen atoms in total. The van der Waals surface area contributed by atoms with Crippen LogP contribution in [0.25, 0.3) is 5.69 Å². The molecule has 0 fully saturated rings. The van der Waals surface area contributed by atoms with Crippen molar-refractivity contribution in [2.75, 3.05) is 5.32 Å². The highest BCUT2D eigenvalue weighted by Crippen LogP contribution is 2.16. The number of aromatic nitrogens is 2. The average molecular weight is 322 g/mol. The number of hydrogen-bond donors (Lipinski definition) is 1. The molecule has 1 N–H and O–H groups in total. The van der Waals surface area contributed by atoms with Gasteiger partial charge >= 0.3 is 0 Å². The lowest BCUT2D eigenvalue weighted by Crippen LogP contribution is -2.13. The molecule has 0 saturated heterocycles. The molecule has 0 aliphatic carbocycles. The lowest BCUT2D eigenvalue weighted by Gasteiger charge is -2.08. The normalized spacial score (nSPS) is 10.7. The van der Waals surface area contributed by atoms with Crippen molar-refractivity contribution in [2.24, 2.45) is 5.92 Å². The highest BCUT2D eigenvalue weighted by Gasteiger charge is 2.05. The SMILES string of the molecule is CC(C)CC(=O)Nc1ccc(-n2cc(Br)cn2)cc1. The monoisotopic (exact) mass is 321 g/mol. The summed E-state index contributed by atoms with van der Waals surface area (Å²) in [6, 6.07) is 7.60. The van der Waals surface area contributed by atoms with Crippen LogP contribution in [0, 0.1) is 5.92 Å². The Hall–Kier alpha value is -1.62. The number of halogens is 1. The summed E-state index contributed by atoms with van der Waals surface area (Å²) >= 11 is 3.36. The molecule has 1 heterocycles. The number of nitrogens with zero attached hydrogens (tertiary/aromatic N) is 2. The molecule has 2 aromatic rings. The highest BCUT2D eigenvalue weighted by molar-refractivity contribution is 9.10. The van der Waals surface area contributed by atoms with Gasteiger partial charge in [-0.1, -0.05) is 13.8 Å². The van der Waals surface area contributed by atoms with Gasteiger partial charge in [0.1, 0.15) is 0 Å². The van der Waals surface area contributed by atoms with Gasteiger partial charge in [0.15, 0.2) is 0 Å². The summed E-state index contributed by atoms with van der Waals surface area (Å²) < 4.78 is 2.70. The van der Waals surface area contributed by atoms with E-state index in [1.54, 1.807) is 10.9 Å². The zero-order valence-electron chi connectivity index (χ0n) is 10.9. The molecule has 0 saturated carbocycles. The van der Waals surface area contributed by atoms with Gasteiger partial charge in [0, 0.05) is 18.3 Å². The maximum absolute atomic E-state index is 11.6. The van der Waals surface area contributed by atoms with Crippen LogP contribution in [0.15, 0.2) is 41.1 Å². The Balaban J connectivity index is 2.04. The van der Waals surface area contributed by atoms with Gasteiger partial charge < -0.3 is 5.32 Å². The molecule has 5 heteroatoms. The fourth-order valence-electron chi connectivity index (χ4n) is 1.72. The van der Waals surface area contributed by atoms with Gasteiger partial charge in [-0.15, -0.1) is 0 Å². The van der Waals surface area contributed by atoms with E-state index in [4.69, 9.17) is 0 Å². The number of amides is 1. The summed E-state index contributed by atoms with van der Waals surface area (Å²) in [5.74, 6) is 0.408. The van der Waals surface area contributed by atoms with Crippen molar-refractivity contribution in [2.45, 2.75) is 20.3 Å². The first kappa shape index (κ1) is 13.8. The molecule has 19 heavy (non-hydrogen) atoms. The van der Waals surface area contributed by atoms with Crippen molar-refractivity contribution in [1.29, 1.82) is 0 Å². The third-order valence-corrected chi connectivity index (χ3v) is 2.97. The number of nitrogens with one attached hydrogen (secondary N) is 1. The van der Waals surface area contributed by atoms with E-state index < -0.39 is 0 Å². The molecule has 1 amide bonds. The molecule has 1 aromatic carbocycles. The van der Waals surface area contributed by atoms with Crippen molar-refractivity contribution < 1.29 is 4.79 Å². The van der Waals surface area contributed by atoms with Crippen molar-refractivity contribution >= 4 is 27.5 Å². The molecule has 1 aromatic heterocycles. The molecule has 0 atom stereocenters. The number of carbonyl (C=O) groups is 1. The second-order valence-corrected chi connectivity index (χ2v) is 5.71. The molecule has 0 aliphatic rings. The molecule has 0 bridgehead atoms. The van der Waals surface area contributed by atoms with Crippen LogP contribution in [0.1, 0.15) is 20.3 Å². The van der Waals surface area contributed by atoms with Crippen molar-refractivity contribution in [3.63, 3.8) is 0 Å². The first-order valence-electron chi connectivity index (χ1n) is 6.15. The van der Waals surface area contributed by atoms with Gasteiger partial charge in [-0.3, -0.25) is 4.79 Å². The minimum Gasteiger partial charge on any atom is -0.326 e. The molecule has 2 rings (SSSR count). The summed E-state index contributed by atoms with van der Waals surface area (Å²) in [6.45, 7) is 4.05. The van der Waals surface area contributed by atoms with E-state index in [2.05, 4.69) is 26.3 Å². The van der Waals surface area contributed by atoms with Gasteiger partial charge in [-0.2, -0.15) is 5.10 Å². The van der Waals surface area contributed by atoms with Gasteiger partial charge in [-0.05, 0) is 46.1 Å². The van der Waals surface area contributed by atoms with Crippen LogP contribution in [-0.2, 0) is 4.79 Å². The quantitative estimate of drug-likeness (QED) is 0.934. The Morgan fingerprint density at radius 3 is 2.58 bits per heavy atom. The fraction of sp³-hybridized carbons (Fsp3) is 0.286. The van der Waals surface area contributed by atoms with Crippen LogP contribution < -0.4 is 5.32 Å². The zero-order chi connectivity index (χ0) is 13.8. The molecule has 0 unspecified atom stereocenters. The topological polar surface area (TPSA) is 46.9 Å². The molecule has 0 aliphatic heterocycles. The summed E-state index contributed by atoms with van der Waals surface area (Å²) in [7, 11) is 0. The van der Waals surface area contributed by atoms with E-state index in [0.717, 1.165) is 15.8 Å². The number of benzene rings is 1. The maximum atomic E-state index is 11.6. The number of anilines is 1. The Labute approximate surface area is 120 Å². The molecular weight excluding hydrogens is 306 g/mol. The van der Waals surface area contributed by atoms with Crippen molar-refractivity contribution in [3.05, 3.63) is 41.1 Å². The van der Waals surface area contributed by atoms with Crippen LogP contribution in [0.3, 0.4) is 0 Å². The second kappa shape index (κ2) is 6.02. The van der Waals surface area contributed by atoms with Crippen LogP contribution in [-0.4, -0.2) is 15.7 Å². The van der Waals surface area contributed by atoms with E-state index in [1.165, 1.54) is 0 Å². The number of hydrogen-bond acceptors (Lipinski definition) is 2. The van der Waals surface area contributed by atoms with Gasteiger partial charge in [-0.25, -0.2) is 4.68 Å². The number of carbonyl (C=O) groups excluding carboxylic acids is 1. The summed E-state index contributed by atoms with van der Waals surface area (Å²) in [5, 5.41) is 7.08. The molecular formula is C14H16BrN3O. The average Bonchev–Trinajstić information content (AvgIpc) is 2.75. The van der Waals surface area contributed by atoms with Crippen LogP contribution >= 0.6 is 15.9 Å². The zero-order valence-corrected chi connectivity index (χ0v) is 12.5. The summed E-state index contributed by atoms with van der Waals surface area (Å²) in [5.41, 5.74) is 1.76. The lowest BCUT2D eigenvalue weighted by atomic mass is 10.1. The Morgan fingerprint density at radius 1 is 1.37 bits per heavy atom. The minimum atomic E-state index is 0.0459.